The minimum absolute atomic E-state index is 0.462. The molecule has 0 aliphatic rings. The lowest BCUT2D eigenvalue weighted by Crippen LogP contribution is -2.00. The Morgan fingerprint density at radius 3 is 2.41 bits per heavy atom. The van der Waals surface area contributed by atoms with Crippen molar-refractivity contribution in [1.29, 1.82) is 5.26 Å². The van der Waals surface area contributed by atoms with E-state index in [4.69, 9.17) is 9.47 Å². The van der Waals surface area contributed by atoms with Gasteiger partial charge in [-0.05, 0) is 76.5 Å². The van der Waals surface area contributed by atoms with E-state index in [2.05, 4.69) is 75.8 Å². The first kappa shape index (κ1) is 21.4. The molecule has 0 radical (unpaired) electrons. The second-order valence-corrected chi connectivity index (χ2v) is 8.56. The van der Waals surface area contributed by atoms with Gasteiger partial charge in [0.15, 0.2) is 11.5 Å². The first-order valence-corrected chi connectivity index (χ1v) is 10.8. The number of methoxy groups -OCH3 is 1. The molecular weight excluding hydrogens is 541 g/mol. The molecule has 3 aromatic carbocycles. The van der Waals surface area contributed by atoms with Gasteiger partial charge in [-0.1, -0.05) is 57.9 Å². The molecular formula is C24H19BrINO2. The maximum absolute atomic E-state index is 9.60. The Bertz CT molecular complexity index is 1070. The Kier molecular flexibility index (Phi) is 7.34. The summed E-state index contributed by atoms with van der Waals surface area (Å²) in [7, 11) is 1.62. The van der Waals surface area contributed by atoms with Crippen molar-refractivity contribution in [3.63, 3.8) is 0 Å². The normalized spacial score (nSPS) is 11.1. The van der Waals surface area contributed by atoms with Gasteiger partial charge in [0.1, 0.15) is 6.61 Å². The smallest absolute Gasteiger partial charge is 0.174 e. The van der Waals surface area contributed by atoms with Gasteiger partial charge in [-0.25, -0.2) is 0 Å². The number of nitrogens with zero attached hydrogens (tertiary/aromatic N) is 1. The van der Waals surface area contributed by atoms with E-state index in [-0.39, 0.29) is 0 Å². The molecule has 0 amide bonds. The summed E-state index contributed by atoms with van der Waals surface area (Å²) in [5.41, 5.74) is 4.65. The zero-order chi connectivity index (χ0) is 20.8. The van der Waals surface area contributed by atoms with Gasteiger partial charge in [0.05, 0.1) is 22.3 Å². The van der Waals surface area contributed by atoms with Gasteiger partial charge in [0.2, 0.25) is 0 Å². The predicted molar refractivity (Wildman–Crippen MR) is 129 cm³/mol. The van der Waals surface area contributed by atoms with Crippen molar-refractivity contribution in [1.82, 2.24) is 0 Å². The Morgan fingerprint density at radius 2 is 1.79 bits per heavy atom. The number of hydrogen-bond acceptors (Lipinski definition) is 3. The molecule has 0 fully saturated rings. The molecule has 0 unspecified atom stereocenters. The van der Waals surface area contributed by atoms with E-state index in [9.17, 15) is 5.26 Å². The third-order valence-electron chi connectivity index (χ3n) is 4.34. The molecule has 3 rings (SSSR count). The molecule has 0 aromatic heterocycles. The van der Waals surface area contributed by atoms with Crippen molar-refractivity contribution in [2.45, 2.75) is 13.5 Å². The highest BCUT2D eigenvalue weighted by Gasteiger charge is 2.12. The monoisotopic (exact) mass is 559 g/mol. The van der Waals surface area contributed by atoms with Crippen LogP contribution < -0.4 is 9.47 Å². The van der Waals surface area contributed by atoms with Gasteiger partial charge in [-0.3, -0.25) is 0 Å². The van der Waals surface area contributed by atoms with Crippen molar-refractivity contribution in [2.75, 3.05) is 7.11 Å². The van der Waals surface area contributed by atoms with E-state index in [0.29, 0.717) is 23.7 Å². The highest BCUT2D eigenvalue weighted by atomic mass is 127. The maximum Gasteiger partial charge on any atom is 0.174 e. The van der Waals surface area contributed by atoms with Crippen LogP contribution in [0.5, 0.6) is 11.5 Å². The topological polar surface area (TPSA) is 42.2 Å². The number of aryl methyl sites for hydroxylation is 1. The quantitative estimate of drug-likeness (QED) is 0.185. The van der Waals surface area contributed by atoms with Crippen LogP contribution in [0, 0.1) is 21.8 Å². The van der Waals surface area contributed by atoms with E-state index in [1.165, 1.54) is 5.56 Å². The van der Waals surface area contributed by atoms with Crippen LogP contribution in [0.2, 0.25) is 0 Å². The van der Waals surface area contributed by atoms with Crippen molar-refractivity contribution in [2.24, 2.45) is 0 Å². The van der Waals surface area contributed by atoms with Gasteiger partial charge in [0.25, 0.3) is 0 Å². The molecule has 146 valence electrons. The van der Waals surface area contributed by atoms with Crippen LogP contribution in [0.25, 0.3) is 11.6 Å². The average Bonchev–Trinajstić information content (AvgIpc) is 2.72. The fourth-order valence-corrected chi connectivity index (χ4v) is 3.82. The molecule has 0 spiro atoms. The van der Waals surface area contributed by atoms with Gasteiger partial charge in [0, 0.05) is 4.47 Å². The molecule has 0 aliphatic heterocycles. The van der Waals surface area contributed by atoms with Crippen LogP contribution >= 0.6 is 38.5 Å². The summed E-state index contributed by atoms with van der Waals surface area (Å²) in [6.45, 7) is 2.52. The summed E-state index contributed by atoms with van der Waals surface area (Å²) in [6.07, 6.45) is 1.86. The Balaban J connectivity index is 1.88. The summed E-state index contributed by atoms with van der Waals surface area (Å²) in [4.78, 5) is 0. The summed E-state index contributed by atoms with van der Waals surface area (Å²) >= 11 is 5.66. The van der Waals surface area contributed by atoms with Gasteiger partial charge in [-0.15, -0.1) is 0 Å². The minimum atomic E-state index is 0.462. The van der Waals surface area contributed by atoms with Crippen molar-refractivity contribution >= 4 is 50.2 Å². The molecule has 0 aliphatic carbocycles. The molecule has 0 heterocycles. The van der Waals surface area contributed by atoms with Crippen LogP contribution in [0.1, 0.15) is 22.3 Å². The number of nitriles is 1. The predicted octanol–water partition coefficient (Wildman–Crippen LogP) is 7.01. The molecule has 5 heteroatoms. The van der Waals surface area contributed by atoms with Gasteiger partial charge < -0.3 is 9.47 Å². The van der Waals surface area contributed by atoms with Crippen LogP contribution in [0.15, 0.2) is 65.1 Å². The summed E-state index contributed by atoms with van der Waals surface area (Å²) < 4.78 is 13.5. The van der Waals surface area contributed by atoms with Crippen molar-refractivity contribution < 1.29 is 9.47 Å². The van der Waals surface area contributed by atoms with E-state index in [1.807, 2.05) is 42.5 Å². The van der Waals surface area contributed by atoms with E-state index in [0.717, 1.165) is 24.7 Å². The first-order chi connectivity index (χ1) is 14.0. The zero-order valence-corrected chi connectivity index (χ0v) is 19.8. The number of ether oxygens (including phenoxy) is 2. The summed E-state index contributed by atoms with van der Waals surface area (Å²) in [6, 6.07) is 22.1. The highest BCUT2D eigenvalue weighted by Crippen LogP contribution is 2.35. The summed E-state index contributed by atoms with van der Waals surface area (Å²) in [5.74, 6) is 1.34. The van der Waals surface area contributed by atoms with E-state index in [1.54, 1.807) is 7.11 Å². The minimum Gasteiger partial charge on any atom is -0.493 e. The van der Waals surface area contributed by atoms with Crippen LogP contribution in [0.4, 0.5) is 0 Å². The SMILES string of the molecule is COc1cc(/C=C(\C#N)c2ccc(Br)cc2)cc(I)c1OCc1ccc(C)cc1. The first-order valence-electron chi connectivity index (χ1n) is 8.94. The molecule has 29 heavy (non-hydrogen) atoms. The second-order valence-electron chi connectivity index (χ2n) is 6.49. The molecule has 3 aromatic rings. The van der Waals surface area contributed by atoms with Crippen LogP contribution in [-0.2, 0) is 6.61 Å². The van der Waals surface area contributed by atoms with Crippen LogP contribution in [-0.4, -0.2) is 7.11 Å². The fraction of sp³-hybridized carbons (Fsp3) is 0.125. The Hall–Kier alpha value is -2.30. The number of allylic oxidation sites excluding steroid dienone is 1. The van der Waals surface area contributed by atoms with Gasteiger partial charge in [-0.2, -0.15) is 5.26 Å². The highest BCUT2D eigenvalue weighted by molar-refractivity contribution is 14.1. The molecule has 0 atom stereocenters. The largest absolute Gasteiger partial charge is 0.493 e. The number of halogens is 2. The lowest BCUT2D eigenvalue weighted by molar-refractivity contribution is 0.282. The standard InChI is InChI=1S/C24H19BrINO2/c1-16-3-5-17(6-4-16)15-29-24-22(26)12-18(13-23(24)28-2)11-20(14-27)19-7-9-21(25)10-8-19/h3-13H,15H2,1-2H3/b20-11+. The summed E-state index contributed by atoms with van der Waals surface area (Å²) in [5, 5.41) is 9.60. The Labute approximate surface area is 193 Å². The van der Waals surface area contributed by atoms with Crippen molar-refractivity contribution in [3.05, 3.63) is 91.0 Å². The number of hydrogen-bond donors (Lipinski definition) is 0. The molecule has 0 bridgehead atoms. The lowest BCUT2D eigenvalue weighted by atomic mass is 10.0. The molecule has 0 saturated carbocycles. The lowest BCUT2D eigenvalue weighted by Gasteiger charge is -2.14. The second kappa shape index (κ2) is 9.95. The fourth-order valence-electron chi connectivity index (χ4n) is 2.78. The number of rotatable bonds is 6. The number of benzene rings is 3. The van der Waals surface area contributed by atoms with Gasteiger partial charge >= 0.3 is 0 Å². The zero-order valence-electron chi connectivity index (χ0n) is 16.1. The molecule has 3 nitrogen and oxygen atoms in total. The van der Waals surface area contributed by atoms with Crippen LogP contribution in [0.3, 0.4) is 0 Å². The maximum atomic E-state index is 9.60. The Morgan fingerprint density at radius 1 is 1.10 bits per heavy atom. The molecule has 0 saturated heterocycles. The molecule has 0 N–H and O–H groups in total. The van der Waals surface area contributed by atoms with Crippen molar-refractivity contribution in [3.8, 4) is 17.6 Å². The van der Waals surface area contributed by atoms with E-state index >= 15 is 0 Å². The van der Waals surface area contributed by atoms with E-state index < -0.39 is 0 Å². The third kappa shape index (κ3) is 5.62. The average molecular weight is 560 g/mol. The third-order valence-corrected chi connectivity index (χ3v) is 5.67.